The first kappa shape index (κ1) is 24.8. The molecule has 0 radical (unpaired) electrons. The van der Waals surface area contributed by atoms with Crippen LogP contribution in [0.25, 0.3) is 0 Å². The second-order valence-electron chi connectivity index (χ2n) is 6.81. The maximum Gasteiger partial charge on any atom is 0.310 e. The Hall–Kier alpha value is -4.49. The first-order valence-electron chi connectivity index (χ1n) is 9.70. The molecule has 0 bridgehead atoms. The van der Waals surface area contributed by atoms with E-state index in [0.717, 1.165) is 11.3 Å². The second kappa shape index (κ2) is 10.2. The smallest absolute Gasteiger partial charge is 0.310 e. The topological polar surface area (TPSA) is 186 Å². The summed E-state index contributed by atoms with van der Waals surface area (Å²) in [4.78, 5) is 44.6. The summed E-state index contributed by atoms with van der Waals surface area (Å²) in [5.41, 5.74) is -1.56. The van der Waals surface area contributed by atoms with E-state index in [4.69, 9.17) is 0 Å². The third-order valence-corrected chi connectivity index (χ3v) is 4.65. The molecule has 14 heteroatoms. The van der Waals surface area contributed by atoms with Gasteiger partial charge in [0.25, 0.3) is 5.69 Å². The molecule has 0 aromatic heterocycles. The number of non-ortho nitro benzene ring substituents is 1. The lowest BCUT2D eigenvalue weighted by atomic mass is 10.1. The van der Waals surface area contributed by atoms with Crippen LogP contribution in [0.3, 0.4) is 0 Å². The Kier molecular flexibility index (Phi) is 7.67. The van der Waals surface area contributed by atoms with E-state index in [-0.39, 0.29) is 11.4 Å². The fourth-order valence-corrected chi connectivity index (χ4v) is 3.14. The molecule has 2 rings (SSSR count). The Labute approximate surface area is 187 Å². The minimum absolute atomic E-state index is 0.0977. The average Bonchev–Trinajstić information content (AvgIpc) is 2.74. The van der Waals surface area contributed by atoms with Crippen molar-refractivity contribution in [2.75, 3.05) is 23.3 Å². The summed E-state index contributed by atoms with van der Waals surface area (Å²) in [7, 11) is 0. The summed E-state index contributed by atoms with van der Waals surface area (Å²) < 4.78 is 0. The summed E-state index contributed by atoms with van der Waals surface area (Å²) >= 11 is 0. The number of rotatable bonds is 9. The maximum absolute atomic E-state index is 11.7. The number of amides is 1. The summed E-state index contributed by atoms with van der Waals surface area (Å²) in [6.45, 7) is 8.38. The molecule has 1 amide bonds. The van der Waals surface area contributed by atoms with Crippen LogP contribution in [0.5, 0.6) is 0 Å². The van der Waals surface area contributed by atoms with Gasteiger partial charge in [-0.25, -0.2) is 0 Å². The Bertz CT molecular complexity index is 1120. The van der Waals surface area contributed by atoms with Crippen LogP contribution in [0, 0.1) is 37.3 Å². The summed E-state index contributed by atoms with van der Waals surface area (Å²) in [5, 5.41) is 44.1. The molecule has 14 nitrogen and oxygen atoms in total. The lowest BCUT2D eigenvalue weighted by Gasteiger charge is -2.24. The molecule has 0 aliphatic carbocycles. The molecule has 0 unspecified atom stereocenters. The van der Waals surface area contributed by atoms with E-state index < -0.39 is 43.4 Å². The van der Waals surface area contributed by atoms with Gasteiger partial charge in [0, 0.05) is 25.7 Å². The molecule has 0 saturated carbocycles. The first-order chi connectivity index (χ1) is 15.5. The zero-order chi connectivity index (χ0) is 24.9. The largest absolute Gasteiger partial charge is 0.372 e. The van der Waals surface area contributed by atoms with E-state index in [1.54, 1.807) is 19.1 Å². The second-order valence-corrected chi connectivity index (χ2v) is 6.81. The fraction of sp³-hybridized carbons (Fsp3) is 0.316. The number of nitrogens with zero attached hydrogens (tertiary/aromatic N) is 6. The van der Waals surface area contributed by atoms with Crippen LogP contribution in [0.15, 0.2) is 34.5 Å². The van der Waals surface area contributed by atoms with Gasteiger partial charge in [0.2, 0.25) is 11.6 Å². The van der Waals surface area contributed by atoms with Gasteiger partial charge in [-0.1, -0.05) is 0 Å². The zero-order valence-electron chi connectivity index (χ0n) is 18.3. The molecule has 0 atom stereocenters. The Morgan fingerprint density at radius 2 is 1.48 bits per heavy atom. The van der Waals surface area contributed by atoms with E-state index in [1.807, 2.05) is 18.7 Å². The number of aryl methyl sites for hydroxylation is 1. The molecular formula is C19H21N7O7. The average molecular weight is 459 g/mol. The summed E-state index contributed by atoms with van der Waals surface area (Å²) in [6.07, 6.45) is 0. The van der Waals surface area contributed by atoms with E-state index in [1.165, 1.54) is 6.92 Å². The van der Waals surface area contributed by atoms with Crippen molar-refractivity contribution >= 4 is 45.7 Å². The molecule has 1 N–H and O–H groups in total. The molecule has 0 spiro atoms. The lowest BCUT2D eigenvalue weighted by Crippen LogP contribution is -2.23. The third kappa shape index (κ3) is 5.61. The van der Waals surface area contributed by atoms with Crippen molar-refractivity contribution < 1.29 is 19.6 Å². The number of nitro benzene ring substituents is 3. The highest BCUT2D eigenvalue weighted by atomic mass is 16.6. The Morgan fingerprint density at radius 3 is 1.91 bits per heavy atom. The van der Waals surface area contributed by atoms with E-state index in [9.17, 15) is 35.1 Å². The van der Waals surface area contributed by atoms with Crippen molar-refractivity contribution in [1.82, 2.24) is 0 Å². The quantitative estimate of drug-likeness (QED) is 0.310. The Balaban J connectivity index is 2.72. The van der Waals surface area contributed by atoms with Gasteiger partial charge in [0.15, 0.2) is 0 Å². The van der Waals surface area contributed by atoms with Crippen LogP contribution in [-0.2, 0) is 4.79 Å². The number of carbonyl (C=O) groups excluding carboxylic acids is 1. The molecule has 0 fully saturated rings. The number of nitro groups is 3. The highest BCUT2D eigenvalue weighted by molar-refractivity contribution is 5.93. The Morgan fingerprint density at radius 1 is 0.939 bits per heavy atom. The number of benzene rings is 2. The lowest BCUT2D eigenvalue weighted by molar-refractivity contribution is -0.402. The predicted molar refractivity (Wildman–Crippen MR) is 120 cm³/mol. The van der Waals surface area contributed by atoms with Crippen LogP contribution in [0.4, 0.5) is 39.8 Å². The number of carbonyl (C=O) groups is 1. The molecule has 0 saturated heterocycles. The third-order valence-electron chi connectivity index (χ3n) is 4.65. The summed E-state index contributed by atoms with van der Waals surface area (Å²) in [6, 6.07) is 4.39. The number of azo groups is 1. The van der Waals surface area contributed by atoms with Crippen molar-refractivity contribution in [3.8, 4) is 0 Å². The van der Waals surface area contributed by atoms with Crippen LogP contribution in [0.1, 0.15) is 26.3 Å². The number of anilines is 2. The molecule has 174 valence electrons. The van der Waals surface area contributed by atoms with Crippen molar-refractivity contribution in [3.05, 3.63) is 60.2 Å². The molecule has 0 aliphatic rings. The van der Waals surface area contributed by atoms with Gasteiger partial charge in [-0.3, -0.25) is 35.1 Å². The van der Waals surface area contributed by atoms with E-state index >= 15 is 0 Å². The number of nitrogens with one attached hydrogen (secondary N) is 1. The molecule has 33 heavy (non-hydrogen) atoms. The zero-order valence-corrected chi connectivity index (χ0v) is 18.3. The van der Waals surface area contributed by atoms with Gasteiger partial charge < -0.3 is 10.2 Å². The van der Waals surface area contributed by atoms with Gasteiger partial charge in [-0.15, -0.1) is 10.2 Å². The maximum atomic E-state index is 11.7. The first-order valence-corrected chi connectivity index (χ1v) is 9.70. The fourth-order valence-electron chi connectivity index (χ4n) is 3.14. The highest BCUT2D eigenvalue weighted by Crippen LogP contribution is 2.42. The number of hydrogen-bond acceptors (Lipinski definition) is 10. The van der Waals surface area contributed by atoms with E-state index in [2.05, 4.69) is 15.5 Å². The van der Waals surface area contributed by atoms with Gasteiger partial charge in [-0.05, 0) is 38.5 Å². The van der Waals surface area contributed by atoms with Gasteiger partial charge >= 0.3 is 11.4 Å². The minimum Gasteiger partial charge on any atom is -0.372 e. The van der Waals surface area contributed by atoms with Crippen molar-refractivity contribution in [1.29, 1.82) is 0 Å². The van der Waals surface area contributed by atoms with Gasteiger partial charge in [0.1, 0.15) is 5.69 Å². The molecule has 2 aromatic rings. The van der Waals surface area contributed by atoms with Crippen LogP contribution < -0.4 is 10.2 Å². The van der Waals surface area contributed by atoms with Crippen LogP contribution in [-0.4, -0.2) is 33.8 Å². The number of hydrogen-bond donors (Lipinski definition) is 1. The molecule has 0 heterocycles. The van der Waals surface area contributed by atoms with Gasteiger partial charge in [0.05, 0.1) is 32.6 Å². The molecule has 2 aromatic carbocycles. The van der Waals surface area contributed by atoms with Gasteiger partial charge in [-0.2, -0.15) is 0 Å². The SMILES string of the molecule is CCN(CC)c1cc(NC(C)=O)c(N=Nc2c([N+](=O)[O-])cc([N+](=O)[O-])cc2[N+](=O)[O-])cc1C. The van der Waals surface area contributed by atoms with Crippen LogP contribution >= 0.6 is 0 Å². The normalized spacial score (nSPS) is 10.8. The predicted octanol–water partition coefficient (Wildman–Crippen LogP) is 4.94. The monoisotopic (exact) mass is 459 g/mol. The molecule has 0 aliphatic heterocycles. The highest BCUT2D eigenvalue weighted by Gasteiger charge is 2.31. The minimum atomic E-state index is -1.02. The van der Waals surface area contributed by atoms with Crippen molar-refractivity contribution in [2.45, 2.75) is 27.7 Å². The molecular weight excluding hydrogens is 438 g/mol. The van der Waals surface area contributed by atoms with E-state index in [0.29, 0.717) is 25.2 Å². The standard InChI is InChI=1S/C19H21N7O7/c1-5-23(6-2)16-10-14(20-12(4)27)15(7-11(16)3)21-22-19-17(25(30)31)8-13(24(28)29)9-18(19)26(32)33/h7-10H,5-6H2,1-4H3,(H,20,27). The summed E-state index contributed by atoms with van der Waals surface area (Å²) in [5.74, 6) is -0.409. The van der Waals surface area contributed by atoms with Crippen LogP contribution in [0.2, 0.25) is 0 Å². The van der Waals surface area contributed by atoms with Crippen molar-refractivity contribution in [3.63, 3.8) is 0 Å². The van der Waals surface area contributed by atoms with Crippen molar-refractivity contribution in [2.24, 2.45) is 10.2 Å².